The van der Waals surface area contributed by atoms with Gasteiger partial charge in [-0.15, -0.1) is 0 Å². The van der Waals surface area contributed by atoms with E-state index in [0.717, 1.165) is 5.69 Å². The molecule has 2 rings (SSSR count). The first kappa shape index (κ1) is 11.3. The van der Waals surface area contributed by atoms with E-state index in [-0.39, 0.29) is 0 Å². The first-order valence-electron chi connectivity index (χ1n) is 6.06. The van der Waals surface area contributed by atoms with Gasteiger partial charge in [-0.3, -0.25) is 0 Å². The number of rotatable bonds is 4. The predicted octanol–water partition coefficient (Wildman–Crippen LogP) is 1.71. The molecule has 1 aliphatic carbocycles. The van der Waals surface area contributed by atoms with Gasteiger partial charge >= 0.3 is 0 Å². The molecule has 0 spiro atoms. The van der Waals surface area contributed by atoms with E-state index >= 15 is 0 Å². The lowest BCUT2D eigenvalue weighted by Gasteiger charge is -2.23. The molecule has 0 amide bonds. The summed E-state index contributed by atoms with van der Waals surface area (Å²) in [5.41, 5.74) is 6.81. The number of aryl methyl sites for hydroxylation is 1. The minimum atomic E-state index is 0.323. The second kappa shape index (κ2) is 5.25. The Balaban J connectivity index is 2.00. The van der Waals surface area contributed by atoms with Crippen molar-refractivity contribution in [3.05, 3.63) is 18.0 Å². The van der Waals surface area contributed by atoms with Crippen molar-refractivity contribution >= 4 is 5.95 Å². The minimum Gasteiger partial charge on any atom is -0.350 e. The molecule has 0 bridgehead atoms. The minimum absolute atomic E-state index is 0.323. The summed E-state index contributed by atoms with van der Waals surface area (Å²) in [5, 5.41) is 3.36. The molecule has 1 atom stereocenters. The van der Waals surface area contributed by atoms with E-state index in [9.17, 15) is 0 Å². The molecule has 1 aromatic rings. The zero-order chi connectivity index (χ0) is 11.4. The quantitative estimate of drug-likeness (QED) is 0.811. The van der Waals surface area contributed by atoms with E-state index in [1.807, 2.05) is 13.0 Å². The van der Waals surface area contributed by atoms with Crippen molar-refractivity contribution in [2.45, 2.75) is 38.6 Å². The topological polar surface area (TPSA) is 63.8 Å². The van der Waals surface area contributed by atoms with E-state index in [0.29, 0.717) is 24.5 Å². The van der Waals surface area contributed by atoms with Gasteiger partial charge < -0.3 is 11.1 Å². The zero-order valence-electron chi connectivity index (χ0n) is 9.82. The second-order valence-electron chi connectivity index (χ2n) is 4.55. The summed E-state index contributed by atoms with van der Waals surface area (Å²) in [6.07, 6.45) is 7.00. The maximum atomic E-state index is 5.82. The van der Waals surface area contributed by atoms with E-state index in [2.05, 4.69) is 15.3 Å². The predicted molar refractivity (Wildman–Crippen MR) is 65.2 cm³/mol. The Kier molecular flexibility index (Phi) is 3.72. The first-order chi connectivity index (χ1) is 7.79. The second-order valence-corrected chi connectivity index (χ2v) is 4.55. The third-order valence-electron chi connectivity index (χ3n) is 3.33. The molecule has 4 nitrogen and oxygen atoms in total. The number of hydrogen-bond acceptors (Lipinski definition) is 4. The summed E-state index contributed by atoms with van der Waals surface area (Å²) in [6, 6.07) is 2.22. The van der Waals surface area contributed by atoms with Crippen LogP contribution in [0.3, 0.4) is 0 Å². The highest BCUT2D eigenvalue weighted by Gasteiger charge is 2.24. The van der Waals surface area contributed by atoms with Crippen LogP contribution in [-0.2, 0) is 0 Å². The van der Waals surface area contributed by atoms with E-state index in [1.54, 1.807) is 6.20 Å². The van der Waals surface area contributed by atoms with Crippen molar-refractivity contribution in [2.75, 3.05) is 11.9 Å². The fraction of sp³-hybridized carbons (Fsp3) is 0.667. The van der Waals surface area contributed by atoms with Crippen LogP contribution in [0.1, 0.15) is 31.4 Å². The summed E-state index contributed by atoms with van der Waals surface area (Å²) in [6.45, 7) is 2.63. The Hall–Kier alpha value is -1.16. The van der Waals surface area contributed by atoms with Gasteiger partial charge in [-0.2, -0.15) is 0 Å². The van der Waals surface area contributed by atoms with Crippen LogP contribution in [0, 0.1) is 12.8 Å². The van der Waals surface area contributed by atoms with Crippen LogP contribution >= 0.6 is 0 Å². The van der Waals surface area contributed by atoms with Crippen LogP contribution in [0.2, 0.25) is 0 Å². The monoisotopic (exact) mass is 220 g/mol. The summed E-state index contributed by atoms with van der Waals surface area (Å²) in [5.74, 6) is 1.40. The van der Waals surface area contributed by atoms with Crippen molar-refractivity contribution in [3.63, 3.8) is 0 Å². The van der Waals surface area contributed by atoms with Gasteiger partial charge in [0.1, 0.15) is 0 Å². The molecular formula is C12H20N4. The molecule has 88 valence electrons. The Morgan fingerprint density at radius 1 is 1.50 bits per heavy atom. The molecule has 0 radical (unpaired) electrons. The van der Waals surface area contributed by atoms with Gasteiger partial charge in [-0.25, -0.2) is 9.97 Å². The van der Waals surface area contributed by atoms with Crippen molar-refractivity contribution in [1.29, 1.82) is 0 Å². The zero-order valence-corrected chi connectivity index (χ0v) is 9.82. The maximum Gasteiger partial charge on any atom is 0.223 e. The summed E-state index contributed by atoms with van der Waals surface area (Å²) >= 11 is 0. The van der Waals surface area contributed by atoms with Crippen molar-refractivity contribution in [2.24, 2.45) is 11.7 Å². The average Bonchev–Trinajstić information content (AvgIpc) is 2.79. The SMILES string of the molecule is Cc1ccnc(NC(CN)C2CCCC2)n1. The normalized spacial score (nSPS) is 18.6. The summed E-state index contributed by atoms with van der Waals surface area (Å²) in [4.78, 5) is 8.58. The largest absolute Gasteiger partial charge is 0.350 e. The number of nitrogens with two attached hydrogens (primary N) is 1. The Morgan fingerprint density at radius 2 is 2.25 bits per heavy atom. The lowest BCUT2D eigenvalue weighted by Crippen LogP contribution is -2.35. The molecule has 1 aliphatic rings. The van der Waals surface area contributed by atoms with E-state index in [1.165, 1.54) is 25.7 Å². The summed E-state index contributed by atoms with van der Waals surface area (Å²) in [7, 11) is 0. The number of aromatic nitrogens is 2. The van der Waals surface area contributed by atoms with Gasteiger partial charge in [0, 0.05) is 24.5 Å². The molecule has 0 saturated heterocycles. The van der Waals surface area contributed by atoms with Crippen LogP contribution in [-0.4, -0.2) is 22.6 Å². The average molecular weight is 220 g/mol. The van der Waals surface area contributed by atoms with Crippen LogP contribution < -0.4 is 11.1 Å². The molecule has 1 aromatic heterocycles. The number of nitrogens with one attached hydrogen (secondary N) is 1. The Labute approximate surface area is 96.7 Å². The molecule has 1 saturated carbocycles. The maximum absolute atomic E-state index is 5.82. The third-order valence-corrected chi connectivity index (χ3v) is 3.33. The number of hydrogen-bond donors (Lipinski definition) is 2. The van der Waals surface area contributed by atoms with Crippen molar-refractivity contribution in [1.82, 2.24) is 9.97 Å². The Morgan fingerprint density at radius 3 is 2.88 bits per heavy atom. The van der Waals surface area contributed by atoms with Gasteiger partial charge in [-0.1, -0.05) is 12.8 Å². The highest BCUT2D eigenvalue weighted by Crippen LogP contribution is 2.28. The lowest BCUT2D eigenvalue weighted by molar-refractivity contribution is 0.460. The van der Waals surface area contributed by atoms with Crippen LogP contribution in [0.25, 0.3) is 0 Å². The molecule has 0 aromatic carbocycles. The van der Waals surface area contributed by atoms with Gasteiger partial charge in [0.15, 0.2) is 0 Å². The summed E-state index contributed by atoms with van der Waals surface area (Å²) < 4.78 is 0. The third kappa shape index (κ3) is 2.70. The van der Waals surface area contributed by atoms with Gasteiger partial charge in [0.25, 0.3) is 0 Å². The molecule has 1 fully saturated rings. The molecule has 0 aliphatic heterocycles. The van der Waals surface area contributed by atoms with Crippen LogP contribution in [0.15, 0.2) is 12.3 Å². The first-order valence-corrected chi connectivity index (χ1v) is 6.06. The number of nitrogens with zero attached hydrogens (tertiary/aromatic N) is 2. The molecule has 3 N–H and O–H groups in total. The smallest absolute Gasteiger partial charge is 0.223 e. The Bertz CT molecular complexity index is 334. The highest BCUT2D eigenvalue weighted by atomic mass is 15.1. The van der Waals surface area contributed by atoms with E-state index < -0.39 is 0 Å². The molecule has 1 heterocycles. The number of anilines is 1. The standard InChI is InChI=1S/C12H20N4/c1-9-6-7-14-12(15-9)16-11(8-13)10-4-2-3-5-10/h6-7,10-11H,2-5,8,13H2,1H3,(H,14,15,16). The van der Waals surface area contributed by atoms with Gasteiger partial charge in [-0.05, 0) is 31.7 Å². The molecule has 1 unspecified atom stereocenters. The molecule has 4 heteroatoms. The lowest BCUT2D eigenvalue weighted by atomic mass is 9.98. The van der Waals surface area contributed by atoms with E-state index in [4.69, 9.17) is 5.73 Å². The molecule has 16 heavy (non-hydrogen) atoms. The van der Waals surface area contributed by atoms with Gasteiger partial charge in [0.05, 0.1) is 0 Å². The van der Waals surface area contributed by atoms with Crippen LogP contribution in [0.5, 0.6) is 0 Å². The van der Waals surface area contributed by atoms with Crippen molar-refractivity contribution < 1.29 is 0 Å². The fourth-order valence-electron chi connectivity index (χ4n) is 2.41. The van der Waals surface area contributed by atoms with Crippen molar-refractivity contribution in [3.8, 4) is 0 Å². The highest BCUT2D eigenvalue weighted by molar-refractivity contribution is 5.27. The molecular weight excluding hydrogens is 200 g/mol. The fourth-order valence-corrected chi connectivity index (χ4v) is 2.41. The van der Waals surface area contributed by atoms with Crippen LogP contribution in [0.4, 0.5) is 5.95 Å². The van der Waals surface area contributed by atoms with Gasteiger partial charge in [0.2, 0.25) is 5.95 Å².